The predicted molar refractivity (Wildman–Crippen MR) is 62.5 cm³/mol. The number of rotatable bonds is 6. The summed E-state index contributed by atoms with van der Waals surface area (Å²) < 4.78 is 0. The summed E-state index contributed by atoms with van der Waals surface area (Å²) >= 11 is 0. The third kappa shape index (κ3) is 4.65. The van der Waals surface area contributed by atoms with Gasteiger partial charge >= 0.3 is 0 Å². The minimum Gasteiger partial charge on any atom is -0.388 e. The quantitative estimate of drug-likeness (QED) is 0.711. The number of amides is 1. The highest BCUT2D eigenvalue weighted by Gasteiger charge is 2.24. The van der Waals surface area contributed by atoms with Crippen molar-refractivity contribution in [1.29, 1.82) is 0 Å². The molecule has 0 rings (SSSR count). The summed E-state index contributed by atoms with van der Waals surface area (Å²) in [5.41, 5.74) is -0.744. The Morgan fingerprint density at radius 3 is 2.07 bits per heavy atom. The predicted octanol–water partition coefficient (Wildman–Crippen LogP) is 1.95. The molecule has 0 spiro atoms. The summed E-state index contributed by atoms with van der Waals surface area (Å²) in [4.78, 5) is 11.6. The van der Waals surface area contributed by atoms with Gasteiger partial charge < -0.3 is 10.4 Å². The van der Waals surface area contributed by atoms with Crippen molar-refractivity contribution in [3.8, 4) is 0 Å². The Morgan fingerprint density at radius 2 is 1.73 bits per heavy atom. The third-order valence-corrected chi connectivity index (χ3v) is 3.32. The van der Waals surface area contributed by atoms with Crippen LogP contribution in [0.5, 0.6) is 0 Å². The molecule has 3 heteroatoms. The molecule has 0 fully saturated rings. The van der Waals surface area contributed by atoms with E-state index in [1.54, 1.807) is 0 Å². The molecule has 0 saturated heterocycles. The van der Waals surface area contributed by atoms with E-state index in [0.29, 0.717) is 25.3 Å². The van der Waals surface area contributed by atoms with E-state index in [1.807, 2.05) is 34.6 Å². The largest absolute Gasteiger partial charge is 0.388 e. The first kappa shape index (κ1) is 14.4. The van der Waals surface area contributed by atoms with Crippen molar-refractivity contribution in [3.63, 3.8) is 0 Å². The van der Waals surface area contributed by atoms with Crippen LogP contribution in [0.25, 0.3) is 0 Å². The van der Waals surface area contributed by atoms with Gasteiger partial charge in [0.15, 0.2) is 0 Å². The van der Waals surface area contributed by atoms with E-state index in [0.717, 1.165) is 0 Å². The van der Waals surface area contributed by atoms with Crippen LogP contribution in [0, 0.1) is 11.8 Å². The molecule has 0 aliphatic heterocycles. The number of aliphatic hydroxyl groups is 1. The zero-order valence-corrected chi connectivity index (χ0v) is 10.6. The Balaban J connectivity index is 4.10. The van der Waals surface area contributed by atoms with E-state index in [9.17, 15) is 9.90 Å². The fourth-order valence-electron chi connectivity index (χ4n) is 1.22. The Morgan fingerprint density at radius 1 is 1.27 bits per heavy atom. The number of nitrogens with one attached hydrogen (secondary N) is 1. The van der Waals surface area contributed by atoms with Crippen LogP contribution in [0.15, 0.2) is 0 Å². The summed E-state index contributed by atoms with van der Waals surface area (Å²) in [6, 6.07) is 0. The number of hydrogen-bond acceptors (Lipinski definition) is 2. The summed E-state index contributed by atoms with van der Waals surface area (Å²) in [5, 5.41) is 12.8. The molecule has 90 valence electrons. The zero-order valence-electron chi connectivity index (χ0n) is 10.6. The zero-order chi connectivity index (χ0) is 12.1. The van der Waals surface area contributed by atoms with Crippen LogP contribution in [-0.2, 0) is 4.79 Å². The van der Waals surface area contributed by atoms with E-state index in [4.69, 9.17) is 0 Å². The van der Waals surface area contributed by atoms with Gasteiger partial charge in [0.05, 0.1) is 5.60 Å². The third-order valence-electron chi connectivity index (χ3n) is 3.32. The summed E-state index contributed by atoms with van der Waals surface area (Å²) in [6.07, 6.45) is 1.33. The second-order valence-electron chi connectivity index (χ2n) is 4.68. The van der Waals surface area contributed by atoms with Gasteiger partial charge in [-0.15, -0.1) is 0 Å². The smallest absolute Gasteiger partial charge is 0.223 e. The maximum Gasteiger partial charge on any atom is 0.223 e. The maximum absolute atomic E-state index is 11.6. The van der Waals surface area contributed by atoms with Gasteiger partial charge in [-0.05, 0) is 18.8 Å². The molecule has 0 aromatic rings. The fraction of sp³-hybridized carbons (Fsp3) is 0.917. The first-order valence-corrected chi connectivity index (χ1v) is 5.86. The normalized spacial score (nSPS) is 14.1. The van der Waals surface area contributed by atoms with Crippen LogP contribution in [0.2, 0.25) is 0 Å². The van der Waals surface area contributed by atoms with E-state index in [1.165, 1.54) is 0 Å². The number of carbonyl (C=O) groups is 1. The minimum atomic E-state index is -0.744. The highest BCUT2D eigenvalue weighted by atomic mass is 16.3. The van der Waals surface area contributed by atoms with Crippen molar-refractivity contribution in [3.05, 3.63) is 0 Å². The first-order chi connectivity index (χ1) is 6.86. The van der Waals surface area contributed by atoms with Gasteiger partial charge in [0.2, 0.25) is 5.91 Å². The molecular weight excluding hydrogens is 190 g/mol. The molecule has 15 heavy (non-hydrogen) atoms. The second-order valence-corrected chi connectivity index (χ2v) is 4.68. The van der Waals surface area contributed by atoms with E-state index < -0.39 is 5.60 Å². The van der Waals surface area contributed by atoms with E-state index in [-0.39, 0.29) is 11.8 Å². The van der Waals surface area contributed by atoms with Gasteiger partial charge in [-0.2, -0.15) is 0 Å². The summed E-state index contributed by atoms with van der Waals surface area (Å²) in [6.45, 7) is 10.2. The second kappa shape index (κ2) is 6.11. The molecule has 0 bridgehead atoms. The number of carbonyl (C=O) groups excluding carboxylic acids is 1. The average molecular weight is 215 g/mol. The van der Waals surface area contributed by atoms with Crippen LogP contribution >= 0.6 is 0 Å². The maximum atomic E-state index is 11.6. The fourth-order valence-corrected chi connectivity index (χ4v) is 1.22. The molecule has 0 saturated carbocycles. The van der Waals surface area contributed by atoms with Crippen LogP contribution in [0.1, 0.15) is 47.5 Å². The van der Waals surface area contributed by atoms with Crippen LogP contribution in [0.4, 0.5) is 0 Å². The average Bonchev–Trinajstić information content (AvgIpc) is 2.24. The van der Waals surface area contributed by atoms with Gasteiger partial charge in [0, 0.05) is 12.5 Å². The molecule has 0 heterocycles. The molecule has 0 radical (unpaired) electrons. The lowest BCUT2D eigenvalue weighted by atomic mass is 9.95. The van der Waals surface area contributed by atoms with Crippen molar-refractivity contribution in [2.75, 3.05) is 6.54 Å². The SMILES string of the molecule is CCC(O)(CC)CNC(=O)C(C)C(C)C. The van der Waals surface area contributed by atoms with Crippen molar-refractivity contribution < 1.29 is 9.90 Å². The Bertz CT molecular complexity index is 198. The van der Waals surface area contributed by atoms with Crippen LogP contribution in [0.3, 0.4) is 0 Å². The Kier molecular flexibility index (Phi) is 5.88. The van der Waals surface area contributed by atoms with E-state index in [2.05, 4.69) is 5.32 Å². The lowest BCUT2D eigenvalue weighted by molar-refractivity contribution is -0.127. The highest BCUT2D eigenvalue weighted by Crippen LogP contribution is 2.14. The topological polar surface area (TPSA) is 49.3 Å². The molecule has 0 aliphatic carbocycles. The lowest BCUT2D eigenvalue weighted by Crippen LogP contribution is -2.44. The summed E-state index contributed by atoms with van der Waals surface area (Å²) in [5.74, 6) is 0.370. The molecule has 3 nitrogen and oxygen atoms in total. The summed E-state index contributed by atoms with van der Waals surface area (Å²) in [7, 11) is 0. The molecule has 0 aromatic heterocycles. The molecule has 2 N–H and O–H groups in total. The van der Waals surface area contributed by atoms with Gasteiger partial charge in [-0.25, -0.2) is 0 Å². The molecular formula is C12H25NO2. The van der Waals surface area contributed by atoms with Crippen molar-refractivity contribution in [2.45, 2.75) is 53.1 Å². The standard InChI is InChI=1S/C12H25NO2/c1-6-12(15,7-2)8-13-11(14)10(5)9(3)4/h9-10,15H,6-8H2,1-5H3,(H,13,14). The van der Waals surface area contributed by atoms with E-state index >= 15 is 0 Å². The van der Waals surface area contributed by atoms with Gasteiger partial charge in [-0.1, -0.05) is 34.6 Å². The van der Waals surface area contributed by atoms with Gasteiger partial charge in [0.1, 0.15) is 0 Å². The monoisotopic (exact) mass is 215 g/mol. The van der Waals surface area contributed by atoms with Crippen molar-refractivity contribution in [2.24, 2.45) is 11.8 Å². The lowest BCUT2D eigenvalue weighted by Gasteiger charge is -2.26. The van der Waals surface area contributed by atoms with Gasteiger partial charge in [0.25, 0.3) is 0 Å². The molecule has 0 aromatic carbocycles. The Hall–Kier alpha value is -0.570. The van der Waals surface area contributed by atoms with Crippen LogP contribution in [-0.4, -0.2) is 23.2 Å². The van der Waals surface area contributed by atoms with Crippen molar-refractivity contribution in [1.82, 2.24) is 5.32 Å². The molecule has 1 unspecified atom stereocenters. The first-order valence-electron chi connectivity index (χ1n) is 5.86. The van der Waals surface area contributed by atoms with Crippen molar-refractivity contribution >= 4 is 5.91 Å². The molecule has 0 aliphatic rings. The molecule has 1 atom stereocenters. The highest BCUT2D eigenvalue weighted by molar-refractivity contribution is 5.78. The van der Waals surface area contributed by atoms with Crippen LogP contribution < -0.4 is 5.32 Å². The minimum absolute atomic E-state index is 0.00274. The number of hydrogen-bond donors (Lipinski definition) is 2. The van der Waals surface area contributed by atoms with Gasteiger partial charge in [-0.3, -0.25) is 4.79 Å². The Labute approximate surface area is 93.3 Å². The molecule has 1 amide bonds.